The molecule has 0 unspecified atom stereocenters. The summed E-state index contributed by atoms with van der Waals surface area (Å²) in [6.45, 7) is 0.134. The fourth-order valence-electron chi connectivity index (χ4n) is 5.25. The molecule has 7 heteroatoms. The Bertz CT molecular complexity index is 865. The van der Waals surface area contributed by atoms with Crippen molar-refractivity contribution >= 4 is 50.9 Å². The van der Waals surface area contributed by atoms with Crippen molar-refractivity contribution in [3.63, 3.8) is 0 Å². The van der Waals surface area contributed by atoms with Crippen LogP contribution in [-0.2, 0) is 14.4 Å². The summed E-state index contributed by atoms with van der Waals surface area (Å²) in [6.07, 6.45) is 5.53. The zero-order valence-electron chi connectivity index (χ0n) is 14.4. The largest absolute Gasteiger partial charge is 0.326 e. The normalized spacial score (nSPS) is 35.3. The molecule has 0 radical (unpaired) electrons. The molecule has 1 aromatic carbocycles. The number of anilines is 1. The van der Waals surface area contributed by atoms with Gasteiger partial charge in [0.15, 0.2) is 0 Å². The van der Waals surface area contributed by atoms with Gasteiger partial charge in [0, 0.05) is 23.1 Å². The summed E-state index contributed by atoms with van der Waals surface area (Å²) < 4.78 is 0.749. The van der Waals surface area contributed by atoms with Gasteiger partial charge in [-0.15, -0.1) is 0 Å². The van der Waals surface area contributed by atoms with E-state index in [9.17, 15) is 14.4 Å². The van der Waals surface area contributed by atoms with Crippen LogP contribution >= 0.6 is 27.5 Å². The van der Waals surface area contributed by atoms with Crippen LogP contribution in [0.25, 0.3) is 0 Å². The van der Waals surface area contributed by atoms with E-state index in [1.165, 1.54) is 4.90 Å². The maximum Gasteiger partial charge on any atom is 0.233 e. The van der Waals surface area contributed by atoms with Gasteiger partial charge in [-0.1, -0.05) is 23.8 Å². The number of nitrogens with zero attached hydrogens (tertiary/aromatic N) is 1. The first-order valence-corrected chi connectivity index (χ1v) is 10.4. The minimum absolute atomic E-state index is 0.0836. The number of hydrogen-bond acceptors (Lipinski definition) is 3. The van der Waals surface area contributed by atoms with Crippen LogP contribution in [0, 0.1) is 35.5 Å². The molecule has 0 spiro atoms. The van der Waals surface area contributed by atoms with Gasteiger partial charge < -0.3 is 5.32 Å². The molecule has 4 aliphatic carbocycles. The highest BCUT2D eigenvalue weighted by Gasteiger charge is 2.66. The number of nitrogens with one attached hydrogen (secondary N) is 1. The smallest absolute Gasteiger partial charge is 0.233 e. The van der Waals surface area contributed by atoms with Crippen molar-refractivity contribution < 1.29 is 14.4 Å². The number of likely N-dealkylation sites (tertiary alicyclic amines) is 1. The van der Waals surface area contributed by atoms with E-state index in [-0.39, 0.29) is 54.4 Å². The summed E-state index contributed by atoms with van der Waals surface area (Å²) in [5.41, 5.74) is 0.586. The highest BCUT2D eigenvalue weighted by atomic mass is 79.9. The average Bonchev–Trinajstić information content (AvgIpc) is 3.42. The molecule has 1 aliphatic heterocycles. The van der Waals surface area contributed by atoms with Crippen LogP contribution in [0.3, 0.4) is 0 Å². The van der Waals surface area contributed by atoms with Gasteiger partial charge in [0.2, 0.25) is 17.7 Å². The number of benzene rings is 1. The molecule has 6 atom stereocenters. The van der Waals surface area contributed by atoms with Crippen LogP contribution in [0.4, 0.5) is 5.69 Å². The second kappa shape index (κ2) is 6.17. The predicted molar refractivity (Wildman–Crippen MR) is 104 cm³/mol. The molecule has 3 fully saturated rings. The Morgan fingerprint density at radius 1 is 1.15 bits per heavy atom. The van der Waals surface area contributed by atoms with Crippen molar-refractivity contribution in [1.82, 2.24) is 4.90 Å². The molecule has 0 aromatic heterocycles. The molecule has 6 rings (SSSR count). The van der Waals surface area contributed by atoms with E-state index in [4.69, 9.17) is 11.6 Å². The Hall–Kier alpha value is -1.66. The molecule has 1 heterocycles. The molecular weight excluding hydrogens is 432 g/mol. The summed E-state index contributed by atoms with van der Waals surface area (Å²) in [5, 5.41) is 3.27. The Morgan fingerprint density at radius 2 is 1.78 bits per heavy atom. The van der Waals surface area contributed by atoms with Gasteiger partial charge >= 0.3 is 0 Å². The molecule has 140 valence electrons. The lowest BCUT2D eigenvalue weighted by Crippen LogP contribution is -2.40. The van der Waals surface area contributed by atoms with Gasteiger partial charge in [0.25, 0.3) is 0 Å². The first-order valence-electron chi connectivity index (χ1n) is 9.24. The SMILES string of the molecule is O=C(CCN1C(=O)[C@H]2[C@@H]3C=C[C@H]([C@H]4C[C@H]34)[C@@H]2C1=O)Nc1ccc(Br)c(Cl)c1. The Kier molecular flexibility index (Phi) is 3.99. The predicted octanol–water partition coefficient (Wildman–Crippen LogP) is 3.48. The maximum atomic E-state index is 12.9. The van der Waals surface area contributed by atoms with Crippen LogP contribution in [0.1, 0.15) is 12.8 Å². The van der Waals surface area contributed by atoms with E-state index in [2.05, 4.69) is 33.4 Å². The lowest BCUT2D eigenvalue weighted by atomic mass is 9.63. The molecule has 3 amide bonds. The molecule has 2 saturated carbocycles. The van der Waals surface area contributed by atoms with Crippen LogP contribution in [0.15, 0.2) is 34.8 Å². The fourth-order valence-corrected chi connectivity index (χ4v) is 5.68. The number of carbonyl (C=O) groups is 3. The number of halogens is 2. The Balaban J connectivity index is 1.24. The lowest BCUT2D eigenvalue weighted by molar-refractivity contribution is -0.140. The second-order valence-corrected chi connectivity index (χ2v) is 9.17. The van der Waals surface area contributed by atoms with Gasteiger partial charge in [-0.2, -0.15) is 0 Å². The summed E-state index contributed by atoms with van der Waals surface area (Å²) in [6, 6.07) is 5.15. The third-order valence-electron chi connectivity index (χ3n) is 6.52. The standard InChI is InChI=1S/C20H18BrClN2O3/c21-14-4-1-9(7-15(14)22)23-16(25)5-6-24-19(26)17-10-2-3-11(13-8-12(10)13)18(17)20(24)27/h1-4,7,10-13,17-18H,5-6,8H2,(H,23,25)/t10-,11-,12-,13-,17+,18+/m1/s1. The van der Waals surface area contributed by atoms with E-state index >= 15 is 0 Å². The van der Waals surface area contributed by atoms with Gasteiger partial charge in [-0.3, -0.25) is 19.3 Å². The van der Waals surface area contributed by atoms with E-state index in [1.807, 2.05) is 0 Å². The third kappa shape index (κ3) is 2.68. The van der Waals surface area contributed by atoms with Crippen molar-refractivity contribution in [2.75, 3.05) is 11.9 Å². The van der Waals surface area contributed by atoms with Crippen molar-refractivity contribution in [3.05, 3.63) is 39.8 Å². The fraction of sp³-hybridized carbons (Fsp3) is 0.450. The molecule has 1 aromatic rings. The van der Waals surface area contributed by atoms with Crippen molar-refractivity contribution in [1.29, 1.82) is 0 Å². The highest BCUT2D eigenvalue weighted by molar-refractivity contribution is 9.10. The number of imide groups is 1. The topological polar surface area (TPSA) is 66.5 Å². The van der Waals surface area contributed by atoms with Crippen LogP contribution in [-0.4, -0.2) is 29.2 Å². The maximum absolute atomic E-state index is 12.9. The van der Waals surface area contributed by atoms with Crippen molar-refractivity contribution in [3.8, 4) is 0 Å². The summed E-state index contributed by atoms with van der Waals surface area (Å²) in [4.78, 5) is 39.3. The molecular formula is C20H18BrClN2O3. The summed E-state index contributed by atoms with van der Waals surface area (Å²) in [5.74, 6) is 0.771. The molecule has 2 bridgehead atoms. The van der Waals surface area contributed by atoms with Gasteiger partial charge in [-0.25, -0.2) is 0 Å². The Labute approximate surface area is 170 Å². The zero-order valence-corrected chi connectivity index (χ0v) is 16.7. The van der Waals surface area contributed by atoms with Crippen LogP contribution in [0.5, 0.6) is 0 Å². The van der Waals surface area contributed by atoms with Gasteiger partial charge in [0.1, 0.15) is 0 Å². The first-order chi connectivity index (χ1) is 13.0. The first kappa shape index (κ1) is 17.4. The molecule has 5 nitrogen and oxygen atoms in total. The Morgan fingerprint density at radius 3 is 2.37 bits per heavy atom. The lowest BCUT2D eigenvalue weighted by Gasteiger charge is -2.37. The number of carbonyl (C=O) groups excluding carboxylic acids is 3. The quantitative estimate of drug-likeness (QED) is 0.565. The van der Waals surface area contributed by atoms with Gasteiger partial charge in [-0.05, 0) is 64.2 Å². The third-order valence-corrected chi connectivity index (χ3v) is 7.75. The number of rotatable bonds is 4. The van der Waals surface area contributed by atoms with Crippen molar-refractivity contribution in [2.24, 2.45) is 35.5 Å². The van der Waals surface area contributed by atoms with E-state index in [1.54, 1.807) is 18.2 Å². The molecule has 27 heavy (non-hydrogen) atoms. The minimum atomic E-state index is -0.243. The number of allylic oxidation sites excluding steroid dienone is 2. The molecule has 5 aliphatic rings. The number of hydrogen-bond donors (Lipinski definition) is 1. The summed E-state index contributed by atoms with van der Waals surface area (Å²) in [7, 11) is 0. The summed E-state index contributed by atoms with van der Waals surface area (Å²) >= 11 is 9.34. The molecule has 1 N–H and O–H groups in total. The average molecular weight is 450 g/mol. The zero-order chi connectivity index (χ0) is 18.9. The van der Waals surface area contributed by atoms with Crippen molar-refractivity contribution in [2.45, 2.75) is 12.8 Å². The van der Waals surface area contributed by atoms with Gasteiger partial charge in [0.05, 0.1) is 16.9 Å². The van der Waals surface area contributed by atoms with E-state index in [0.717, 1.165) is 10.9 Å². The van der Waals surface area contributed by atoms with E-state index < -0.39 is 0 Å². The number of amides is 3. The van der Waals surface area contributed by atoms with Crippen LogP contribution < -0.4 is 5.32 Å². The monoisotopic (exact) mass is 448 g/mol. The molecule has 1 saturated heterocycles. The van der Waals surface area contributed by atoms with E-state index in [0.29, 0.717) is 22.5 Å². The van der Waals surface area contributed by atoms with Crippen LogP contribution in [0.2, 0.25) is 5.02 Å². The highest BCUT2D eigenvalue weighted by Crippen LogP contribution is 2.65. The second-order valence-electron chi connectivity index (χ2n) is 7.91. The minimum Gasteiger partial charge on any atom is -0.326 e.